The summed E-state index contributed by atoms with van der Waals surface area (Å²) in [7, 11) is 1.50. The number of esters is 1. The maximum atomic E-state index is 12.5. The maximum absolute atomic E-state index is 12.5. The summed E-state index contributed by atoms with van der Waals surface area (Å²) in [5.41, 5.74) is -1.85. The highest BCUT2D eigenvalue weighted by atomic mass is 19.4. The minimum absolute atomic E-state index is 0.0823. The number of ether oxygens (including phenoxy) is 1. The fourth-order valence-electron chi connectivity index (χ4n) is 3.00. The minimum Gasteiger partial charge on any atom is -0.452 e. The van der Waals surface area contributed by atoms with Crippen molar-refractivity contribution in [2.45, 2.75) is 43.8 Å². The number of alkyl halides is 3. The first-order valence-corrected chi connectivity index (χ1v) is 8.22. The second kappa shape index (κ2) is 7.77. The average molecular weight is 368 g/mol. The van der Waals surface area contributed by atoms with Gasteiger partial charge in [-0.1, -0.05) is 19.3 Å². The van der Waals surface area contributed by atoms with Crippen molar-refractivity contribution in [1.29, 1.82) is 5.26 Å². The van der Waals surface area contributed by atoms with E-state index in [1.807, 2.05) is 0 Å². The molecule has 0 N–H and O–H groups in total. The summed E-state index contributed by atoms with van der Waals surface area (Å²) in [4.78, 5) is 25.5. The Morgan fingerprint density at radius 3 is 2.27 bits per heavy atom. The Morgan fingerprint density at radius 2 is 1.77 bits per heavy atom. The van der Waals surface area contributed by atoms with E-state index >= 15 is 0 Å². The van der Waals surface area contributed by atoms with Crippen LogP contribution in [0.15, 0.2) is 24.3 Å². The number of halogens is 3. The Labute approximate surface area is 149 Å². The normalized spacial score (nSPS) is 16.4. The summed E-state index contributed by atoms with van der Waals surface area (Å²) in [6, 6.07) is 5.74. The number of hydrogen-bond acceptors (Lipinski definition) is 4. The Bertz CT molecular complexity index is 702. The third kappa shape index (κ3) is 4.34. The third-order valence-corrected chi connectivity index (χ3v) is 4.68. The number of likely N-dealkylation sites (N-methyl/N-ethyl adjacent to an activating group) is 1. The predicted octanol–water partition coefficient (Wildman–Crippen LogP) is 3.55. The highest BCUT2D eigenvalue weighted by Gasteiger charge is 2.39. The van der Waals surface area contributed by atoms with Crippen LogP contribution in [-0.4, -0.2) is 36.0 Å². The number of rotatable bonds is 4. The zero-order valence-electron chi connectivity index (χ0n) is 14.3. The summed E-state index contributed by atoms with van der Waals surface area (Å²) < 4.78 is 42.4. The lowest BCUT2D eigenvalue weighted by Gasteiger charge is -2.38. The Hall–Kier alpha value is -2.56. The van der Waals surface area contributed by atoms with Crippen LogP contribution in [0.5, 0.6) is 0 Å². The zero-order valence-corrected chi connectivity index (χ0v) is 14.3. The van der Waals surface area contributed by atoms with Crippen molar-refractivity contribution in [2.24, 2.45) is 0 Å². The molecule has 2 rings (SSSR count). The lowest BCUT2D eigenvalue weighted by molar-refractivity contribution is -0.138. The predicted molar refractivity (Wildman–Crippen MR) is 85.9 cm³/mol. The Balaban J connectivity index is 1.96. The smallest absolute Gasteiger partial charge is 0.416 e. The number of benzene rings is 1. The number of carbonyl (C=O) groups excluding carboxylic acids is 2. The summed E-state index contributed by atoms with van der Waals surface area (Å²) in [5, 5.41) is 9.46. The van der Waals surface area contributed by atoms with Crippen LogP contribution in [-0.2, 0) is 15.7 Å². The van der Waals surface area contributed by atoms with Gasteiger partial charge in [0.05, 0.1) is 17.2 Å². The first kappa shape index (κ1) is 19.8. The molecule has 8 heteroatoms. The van der Waals surface area contributed by atoms with Crippen LogP contribution in [0.2, 0.25) is 0 Å². The Kier molecular flexibility index (Phi) is 5.90. The van der Waals surface area contributed by atoms with E-state index in [0.717, 1.165) is 43.5 Å². The van der Waals surface area contributed by atoms with Gasteiger partial charge in [-0.2, -0.15) is 18.4 Å². The maximum Gasteiger partial charge on any atom is 0.416 e. The summed E-state index contributed by atoms with van der Waals surface area (Å²) in [6.45, 7) is -0.570. The van der Waals surface area contributed by atoms with Crippen molar-refractivity contribution in [1.82, 2.24) is 4.90 Å². The first-order valence-electron chi connectivity index (χ1n) is 8.22. The van der Waals surface area contributed by atoms with E-state index in [-0.39, 0.29) is 5.56 Å². The van der Waals surface area contributed by atoms with E-state index in [9.17, 15) is 28.0 Å². The zero-order chi connectivity index (χ0) is 19.4. The van der Waals surface area contributed by atoms with Gasteiger partial charge in [-0.05, 0) is 37.1 Å². The van der Waals surface area contributed by atoms with Crippen molar-refractivity contribution >= 4 is 11.9 Å². The molecule has 0 atom stereocenters. The van der Waals surface area contributed by atoms with Gasteiger partial charge in [0, 0.05) is 7.05 Å². The molecule has 1 aromatic rings. The largest absolute Gasteiger partial charge is 0.452 e. The number of carbonyl (C=O) groups is 2. The van der Waals surface area contributed by atoms with Crippen LogP contribution in [0.1, 0.15) is 48.0 Å². The van der Waals surface area contributed by atoms with Crippen molar-refractivity contribution in [3.05, 3.63) is 35.4 Å². The Morgan fingerprint density at radius 1 is 1.19 bits per heavy atom. The molecule has 1 saturated carbocycles. The molecule has 1 aliphatic rings. The van der Waals surface area contributed by atoms with Crippen molar-refractivity contribution in [2.75, 3.05) is 13.7 Å². The van der Waals surface area contributed by atoms with Gasteiger partial charge < -0.3 is 9.64 Å². The molecular weight excluding hydrogens is 349 g/mol. The van der Waals surface area contributed by atoms with Crippen molar-refractivity contribution in [3.63, 3.8) is 0 Å². The first-order chi connectivity index (χ1) is 12.2. The van der Waals surface area contributed by atoms with Gasteiger partial charge in [-0.3, -0.25) is 4.79 Å². The molecule has 0 saturated heterocycles. The number of nitriles is 1. The highest BCUT2D eigenvalue weighted by molar-refractivity contribution is 5.91. The van der Waals surface area contributed by atoms with E-state index in [1.165, 1.54) is 11.9 Å². The van der Waals surface area contributed by atoms with Crippen LogP contribution in [0.25, 0.3) is 0 Å². The van der Waals surface area contributed by atoms with Gasteiger partial charge in [-0.15, -0.1) is 0 Å². The summed E-state index contributed by atoms with van der Waals surface area (Å²) in [5.74, 6) is -1.41. The molecule has 5 nitrogen and oxygen atoms in total. The highest BCUT2D eigenvalue weighted by Crippen LogP contribution is 2.32. The molecule has 26 heavy (non-hydrogen) atoms. The molecule has 140 valence electrons. The van der Waals surface area contributed by atoms with Gasteiger partial charge in [0.15, 0.2) is 6.61 Å². The average Bonchev–Trinajstić information content (AvgIpc) is 2.65. The fraction of sp³-hybridized carbons (Fsp3) is 0.500. The number of hydrogen-bond donors (Lipinski definition) is 0. The molecular formula is C18H19F3N2O3. The van der Waals surface area contributed by atoms with Gasteiger partial charge in [0.2, 0.25) is 0 Å². The molecule has 0 heterocycles. The van der Waals surface area contributed by atoms with E-state index in [1.54, 1.807) is 0 Å². The van der Waals surface area contributed by atoms with E-state index in [2.05, 4.69) is 6.07 Å². The minimum atomic E-state index is -4.49. The molecule has 0 unspecified atom stereocenters. The molecule has 1 aromatic carbocycles. The lowest BCUT2D eigenvalue weighted by Crippen LogP contribution is -2.51. The second-order valence-corrected chi connectivity index (χ2v) is 6.31. The van der Waals surface area contributed by atoms with Gasteiger partial charge in [-0.25, -0.2) is 4.79 Å². The topological polar surface area (TPSA) is 70.4 Å². The van der Waals surface area contributed by atoms with Crippen molar-refractivity contribution < 1.29 is 27.5 Å². The quantitative estimate of drug-likeness (QED) is 0.762. The standard InChI is InChI=1S/C18H19F3N2O3/c1-23(17(12-22)9-3-2-4-10-17)15(24)11-26-16(25)13-5-7-14(8-6-13)18(19,20)21/h5-8H,2-4,9-11H2,1H3. The molecule has 0 aromatic heterocycles. The molecule has 0 spiro atoms. The molecule has 0 radical (unpaired) electrons. The van der Waals surface area contributed by atoms with Crippen LogP contribution in [0.3, 0.4) is 0 Å². The van der Waals surface area contributed by atoms with E-state index in [4.69, 9.17) is 4.74 Å². The van der Waals surface area contributed by atoms with Gasteiger partial charge in [0.25, 0.3) is 5.91 Å². The monoisotopic (exact) mass is 368 g/mol. The van der Waals surface area contributed by atoms with E-state index < -0.39 is 35.8 Å². The van der Waals surface area contributed by atoms with Crippen LogP contribution in [0, 0.1) is 11.3 Å². The van der Waals surface area contributed by atoms with Gasteiger partial charge >= 0.3 is 12.1 Å². The van der Waals surface area contributed by atoms with Crippen LogP contribution < -0.4 is 0 Å². The SMILES string of the molecule is CN(C(=O)COC(=O)c1ccc(C(F)(F)F)cc1)C1(C#N)CCCCC1. The molecule has 1 aliphatic carbocycles. The molecule has 0 bridgehead atoms. The fourth-order valence-corrected chi connectivity index (χ4v) is 3.00. The van der Waals surface area contributed by atoms with Crippen molar-refractivity contribution in [3.8, 4) is 6.07 Å². The van der Waals surface area contributed by atoms with Gasteiger partial charge in [0.1, 0.15) is 5.54 Å². The lowest BCUT2D eigenvalue weighted by atomic mass is 9.81. The molecule has 1 amide bonds. The summed E-state index contributed by atoms with van der Waals surface area (Å²) >= 11 is 0. The molecule has 0 aliphatic heterocycles. The number of nitrogens with zero attached hydrogens (tertiary/aromatic N) is 2. The summed E-state index contributed by atoms with van der Waals surface area (Å²) in [6.07, 6.45) is -0.661. The third-order valence-electron chi connectivity index (χ3n) is 4.68. The second-order valence-electron chi connectivity index (χ2n) is 6.31. The molecule has 1 fully saturated rings. The van der Waals surface area contributed by atoms with E-state index in [0.29, 0.717) is 12.8 Å². The van der Waals surface area contributed by atoms with Crippen LogP contribution >= 0.6 is 0 Å². The van der Waals surface area contributed by atoms with Crippen LogP contribution in [0.4, 0.5) is 13.2 Å². The number of amides is 1.